The van der Waals surface area contributed by atoms with E-state index in [-0.39, 0.29) is 25.2 Å². The molecule has 0 aliphatic carbocycles. The highest BCUT2D eigenvalue weighted by Gasteiger charge is 2.24. The Bertz CT molecular complexity index is 914. The van der Waals surface area contributed by atoms with Gasteiger partial charge in [-0.25, -0.2) is 9.59 Å². The van der Waals surface area contributed by atoms with Gasteiger partial charge in [0.1, 0.15) is 18.1 Å². The molecule has 2 aromatic rings. The fraction of sp³-hybridized carbons (Fsp3) is 0.435. The number of carboxylic acid groups (broad SMARTS) is 1. The van der Waals surface area contributed by atoms with Crippen molar-refractivity contribution in [1.29, 1.82) is 0 Å². The number of allylic oxidation sites excluding steroid dienone is 2. The van der Waals surface area contributed by atoms with Gasteiger partial charge in [-0.1, -0.05) is 43.7 Å². The SMILES string of the molecule is C.CC(/C=C\C(=O)O)c1ccon1.CC(/C=C\C(=O)OC(C)(C)C)c1ccon1.O=CC(F)(F)F. The number of hydrogen-bond acceptors (Lipinski definition) is 8. The number of rotatable bonds is 6. The summed E-state index contributed by atoms with van der Waals surface area (Å²) in [4.78, 5) is 30.2. The standard InChI is InChI=1S/C12H17NO3.C8H9NO3.C2HF3O.CH4/c1-9(10-7-8-15-13-10)5-6-11(14)16-12(2,3)4;1-6(2-3-8(10)11)7-4-5-12-9-7;3-2(4,5)1-6;/h5-9H,1-4H3;2-6H,1H3,(H,10,11);1H;1H4/b6-5-;3-2-;;. The van der Waals surface area contributed by atoms with Crippen LogP contribution in [-0.4, -0.2) is 45.4 Å². The Morgan fingerprint density at radius 1 is 0.971 bits per heavy atom. The third-order valence-corrected chi connectivity index (χ3v) is 3.44. The lowest BCUT2D eigenvalue weighted by atomic mass is 10.1. The molecule has 9 nitrogen and oxygen atoms in total. The Morgan fingerprint density at radius 2 is 1.37 bits per heavy atom. The molecule has 0 saturated heterocycles. The molecular formula is C23H31F3N2O7. The van der Waals surface area contributed by atoms with Crippen LogP contribution in [0.15, 0.2) is 58.0 Å². The summed E-state index contributed by atoms with van der Waals surface area (Å²) in [6.07, 6.45) is 3.08. The smallest absolute Gasteiger partial charge is 0.446 e. The van der Waals surface area contributed by atoms with Crippen LogP contribution >= 0.6 is 0 Å². The minimum absolute atomic E-state index is 0. The number of aldehydes is 1. The number of esters is 1. The molecule has 2 atom stereocenters. The van der Waals surface area contributed by atoms with Gasteiger partial charge in [-0.3, -0.25) is 4.79 Å². The van der Waals surface area contributed by atoms with Crippen molar-refractivity contribution < 1.29 is 46.4 Å². The van der Waals surface area contributed by atoms with Crippen molar-refractivity contribution >= 4 is 18.2 Å². The molecule has 2 heterocycles. The van der Waals surface area contributed by atoms with Crippen LogP contribution < -0.4 is 0 Å². The maximum atomic E-state index is 11.4. The highest BCUT2D eigenvalue weighted by molar-refractivity contribution is 5.82. The molecule has 0 fully saturated rings. The summed E-state index contributed by atoms with van der Waals surface area (Å²) in [7, 11) is 0. The lowest BCUT2D eigenvalue weighted by Gasteiger charge is -2.18. The van der Waals surface area contributed by atoms with E-state index in [0.717, 1.165) is 17.5 Å². The summed E-state index contributed by atoms with van der Waals surface area (Å²) in [5, 5.41) is 15.8. The molecular weight excluding hydrogens is 473 g/mol. The first-order chi connectivity index (χ1) is 15.6. The predicted molar refractivity (Wildman–Crippen MR) is 120 cm³/mol. The molecule has 1 N–H and O–H groups in total. The highest BCUT2D eigenvalue weighted by atomic mass is 19.4. The second kappa shape index (κ2) is 16.0. The Morgan fingerprint density at radius 3 is 1.66 bits per heavy atom. The van der Waals surface area contributed by atoms with Crippen LogP contribution in [0.3, 0.4) is 0 Å². The Labute approximate surface area is 201 Å². The summed E-state index contributed by atoms with van der Waals surface area (Å²) in [5.41, 5.74) is 1.06. The van der Waals surface area contributed by atoms with Gasteiger partial charge in [-0.05, 0) is 20.8 Å². The molecule has 0 radical (unpaired) electrons. The van der Waals surface area contributed by atoms with Crippen LogP contribution in [0.5, 0.6) is 0 Å². The van der Waals surface area contributed by atoms with Crippen molar-refractivity contribution in [3.63, 3.8) is 0 Å². The number of carbonyl (C=O) groups excluding carboxylic acids is 2. The molecule has 12 heteroatoms. The van der Waals surface area contributed by atoms with E-state index < -0.39 is 24.0 Å². The minimum atomic E-state index is -4.64. The van der Waals surface area contributed by atoms with E-state index in [4.69, 9.17) is 19.2 Å². The number of hydrogen-bond donors (Lipinski definition) is 1. The van der Waals surface area contributed by atoms with E-state index in [0.29, 0.717) is 0 Å². The first-order valence-electron chi connectivity index (χ1n) is 9.80. The normalized spacial score (nSPS) is 12.9. The van der Waals surface area contributed by atoms with E-state index in [9.17, 15) is 22.8 Å². The van der Waals surface area contributed by atoms with Crippen LogP contribution in [0.25, 0.3) is 0 Å². The van der Waals surface area contributed by atoms with Crippen LogP contribution in [0, 0.1) is 0 Å². The van der Waals surface area contributed by atoms with Gasteiger partial charge in [0.05, 0.1) is 11.4 Å². The molecule has 35 heavy (non-hydrogen) atoms. The van der Waals surface area contributed by atoms with Gasteiger partial charge in [0.15, 0.2) is 0 Å². The molecule has 0 spiro atoms. The Hall–Kier alpha value is -3.70. The summed E-state index contributed by atoms with van der Waals surface area (Å²) < 4.78 is 45.7. The zero-order chi connectivity index (χ0) is 26.4. The number of nitrogens with zero attached hydrogens (tertiary/aromatic N) is 2. The van der Waals surface area contributed by atoms with Gasteiger partial charge in [0, 0.05) is 36.1 Å². The van der Waals surface area contributed by atoms with Gasteiger partial charge in [0.2, 0.25) is 6.29 Å². The number of alkyl halides is 3. The number of aliphatic carboxylic acids is 1. The topological polar surface area (TPSA) is 133 Å². The fourth-order valence-corrected chi connectivity index (χ4v) is 1.90. The van der Waals surface area contributed by atoms with Gasteiger partial charge < -0.3 is 18.9 Å². The number of halogens is 3. The lowest BCUT2D eigenvalue weighted by molar-refractivity contribution is -0.156. The van der Waals surface area contributed by atoms with E-state index in [1.165, 1.54) is 18.6 Å². The van der Waals surface area contributed by atoms with Crippen molar-refractivity contribution in [3.05, 3.63) is 60.4 Å². The predicted octanol–water partition coefficient (Wildman–Crippen LogP) is 5.48. The molecule has 0 saturated carbocycles. The fourth-order valence-electron chi connectivity index (χ4n) is 1.90. The van der Waals surface area contributed by atoms with Crippen molar-refractivity contribution in [2.75, 3.05) is 0 Å². The summed E-state index contributed by atoms with van der Waals surface area (Å²) in [5.74, 6) is -1.29. The average molecular weight is 505 g/mol. The van der Waals surface area contributed by atoms with Crippen molar-refractivity contribution in [2.24, 2.45) is 0 Å². The molecule has 2 rings (SSSR count). The van der Waals surface area contributed by atoms with Crippen molar-refractivity contribution in [2.45, 2.75) is 65.7 Å². The number of aromatic nitrogens is 2. The summed E-state index contributed by atoms with van der Waals surface area (Å²) in [6.45, 7) is 9.27. The highest BCUT2D eigenvalue weighted by Crippen LogP contribution is 2.15. The zero-order valence-corrected chi connectivity index (χ0v) is 19.3. The number of ether oxygens (including phenoxy) is 1. The lowest BCUT2D eigenvalue weighted by Crippen LogP contribution is -2.22. The molecule has 0 amide bonds. The molecule has 0 aliphatic rings. The quantitative estimate of drug-likeness (QED) is 0.308. The third-order valence-electron chi connectivity index (χ3n) is 3.44. The van der Waals surface area contributed by atoms with Crippen LogP contribution in [0.1, 0.15) is 65.3 Å². The van der Waals surface area contributed by atoms with Gasteiger partial charge >= 0.3 is 18.1 Å². The molecule has 0 aromatic carbocycles. The van der Waals surface area contributed by atoms with Crippen LogP contribution in [0.4, 0.5) is 13.2 Å². The zero-order valence-electron chi connectivity index (χ0n) is 19.3. The third kappa shape index (κ3) is 18.4. The van der Waals surface area contributed by atoms with E-state index >= 15 is 0 Å². The minimum Gasteiger partial charge on any atom is -0.478 e. The van der Waals surface area contributed by atoms with Gasteiger partial charge in [-0.2, -0.15) is 13.2 Å². The molecule has 0 aliphatic heterocycles. The summed E-state index contributed by atoms with van der Waals surface area (Å²) in [6, 6.07) is 3.47. The first-order valence-corrected chi connectivity index (χ1v) is 9.80. The second-order valence-electron chi connectivity index (χ2n) is 7.68. The molecule has 2 aromatic heterocycles. The van der Waals surface area contributed by atoms with Crippen LogP contribution in [0.2, 0.25) is 0 Å². The van der Waals surface area contributed by atoms with E-state index in [1.807, 2.05) is 34.6 Å². The summed E-state index contributed by atoms with van der Waals surface area (Å²) >= 11 is 0. The Kier molecular flexibility index (Phi) is 15.3. The van der Waals surface area contributed by atoms with Gasteiger partial charge in [-0.15, -0.1) is 0 Å². The van der Waals surface area contributed by atoms with Gasteiger partial charge in [0.25, 0.3) is 0 Å². The largest absolute Gasteiger partial charge is 0.478 e. The van der Waals surface area contributed by atoms with E-state index in [1.54, 1.807) is 24.3 Å². The first kappa shape index (κ1) is 33.5. The Balaban J connectivity index is 0. The maximum absolute atomic E-state index is 11.4. The van der Waals surface area contributed by atoms with E-state index in [2.05, 4.69) is 14.8 Å². The monoisotopic (exact) mass is 504 g/mol. The number of carbonyl (C=O) groups is 3. The number of carboxylic acids is 1. The van der Waals surface area contributed by atoms with Crippen molar-refractivity contribution in [3.8, 4) is 0 Å². The van der Waals surface area contributed by atoms with Crippen molar-refractivity contribution in [1.82, 2.24) is 10.3 Å². The second-order valence-corrected chi connectivity index (χ2v) is 7.68. The molecule has 2 unspecified atom stereocenters. The molecule has 196 valence electrons. The van der Waals surface area contributed by atoms with Crippen LogP contribution in [-0.2, 0) is 19.1 Å². The maximum Gasteiger partial charge on any atom is 0.446 e. The average Bonchev–Trinajstić information content (AvgIpc) is 3.43. The molecule has 0 bridgehead atoms.